The van der Waals surface area contributed by atoms with Gasteiger partial charge in [0.15, 0.2) is 0 Å². The number of rotatable bonds is 5. The maximum atomic E-state index is 6.21. The molecular weight excluding hydrogens is 299 g/mol. The van der Waals surface area contributed by atoms with Crippen molar-refractivity contribution >= 4 is 34.5 Å². The van der Waals surface area contributed by atoms with Gasteiger partial charge in [0.25, 0.3) is 0 Å². The highest BCUT2D eigenvalue weighted by Crippen LogP contribution is 2.29. The topological polar surface area (TPSA) is 24.9 Å². The second-order valence-electron chi connectivity index (χ2n) is 4.45. The number of thiazole rings is 1. The molecule has 19 heavy (non-hydrogen) atoms. The summed E-state index contributed by atoms with van der Waals surface area (Å²) < 4.78 is 0. The molecule has 102 valence electrons. The summed E-state index contributed by atoms with van der Waals surface area (Å²) in [6.45, 7) is 4.98. The zero-order valence-electron chi connectivity index (χ0n) is 10.9. The van der Waals surface area contributed by atoms with E-state index in [0.717, 1.165) is 29.2 Å². The Hall–Kier alpha value is -0.610. The molecule has 0 saturated carbocycles. The highest BCUT2D eigenvalue weighted by Gasteiger charge is 2.11. The molecular formula is C14H16Cl2N2S. The molecule has 5 heteroatoms. The van der Waals surface area contributed by atoms with E-state index in [4.69, 9.17) is 23.2 Å². The maximum Gasteiger partial charge on any atom is 0.0940 e. The first-order valence-electron chi connectivity index (χ1n) is 6.16. The molecule has 0 aliphatic carbocycles. The van der Waals surface area contributed by atoms with E-state index in [-0.39, 0.29) is 6.04 Å². The van der Waals surface area contributed by atoms with Crippen molar-refractivity contribution in [2.75, 3.05) is 6.54 Å². The van der Waals surface area contributed by atoms with Crippen LogP contribution >= 0.6 is 34.5 Å². The number of hydrogen-bond donors (Lipinski definition) is 1. The van der Waals surface area contributed by atoms with Gasteiger partial charge >= 0.3 is 0 Å². The first kappa shape index (κ1) is 14.8. The zero-order chi connectivity index (χ0) is 13.8. The van der Waals surface area contributed by atoms with Crippen molar-refractivity contribution in [1.29, 1.82) is 0 Å². The lowest BCUT2D eigenvalue weighted by atomic mass is 10.1. The van der Waals surface area contributed by atoms with Crippen molar-refractivity contribution in [3.05, 3.63) is 49.9 Å². The van der Waals surface area contributed by atoms with Crippen molar-refractivity contribution in [2.24, 2.45) is 0 Å². The van der Waals surface area contributed by atoms with E-state index in [2.05, 4.69) is 22.6 Å². The molecule has 0 saturated heterocycles. The highest BCUT2D eigenvalue weighted by atomic mass is 35.5. The van der Waals surface area contributed by atoms with Gasteiger partial charge in [-0.15, -0.1) is 11.3 Å². The monoisotopic (exact) mass is 314 g/mol. The Kier molecular flexibility index (Phi) is 5.22. The lowest BCUT2D eigenvalue weighted by Gasteiger charge is -2.15. The quantitative estimate of drug-likeness (QED) is 0.868. The molecule has 1 aromatic heterocycles. The highest BCUT2D eigenvalue weighted by molar-refractivity contribution is 7.09. The van der Waals surface area contributed by atoms with E-state index in [1.807, 2.05) is 19.1 Å². The van der Waals surface area contributed by atoms with Gasteiger partial charge in [0.2, 0.25) is 0 Å². The predicted octanol–water partition coefficient (Wildman–Crippen LogP) is 4.65. The van der Waals surface area contributed by atoms with Crippen LogP contribution in [-0.4, -0.2) is 11.5 Å². The number of aromatic nitrogens is 1. The summed E-state index contributed by atoms with van der Waals surface area (Å²) in [5.41, 5.74) is 2.12. The molecule has 1 atom stereocenters. The van der Waals surface area contributed by atoms with Crippen LogP contribution in [0.1, 0.15) is 29.2 Å². The summed E-state index contributed by atoms with van der Waals surface area (Å²) in [7, 11) is 0. The second-order valence-corrected chi connectivity index (χ2v) is 6.18. The molecule has 2 aromatic rings. The molecule has 1 N–H and O–H groups in total. The van der Waals surface area contributed by atoms with E-state index in [1.165, 1.54) is 0 Å². The summed E-state index contributed by atoms with van der Waals surface area (Å²) >= 11 is 13.9. The fraction of sp³-hybridized carbons (Fsp3) is 0.357. The molecule has 1 heterocycles. The largest absolute Gasteiger partial charge is 0.310 e. The number of hydrogen-bond acceptors (Lipinski definition) is 3. The number of halogens is 2. The Balaban J connectivity index is 1.90. The minimum atomic E-state index is 0.173. The van der Waals surface area contributed by atoms with E-state index >= 15 is 0 Å². The minimum absolute atomic E-state index is 0.173. The third-order valence-electron chi connectivity index (χ3n) is 2.90. The fourth-order valence-corrected chi connectivity index (χ4v) is 3.13. The van der Waals surface area contributed by atoms with Crippen LogP contribution in [0.4, 0.5) is 0 Å². The van der Waals surface area contributed by atoms with Crippen molar-refractivity contribution in [2.45, 2.75) is 26.3 Å². The molecule has 2 rings (SSSR count). The third-order valence-corrected chi connectivity index (χ3v) is 4.76. The molecule has 2 nitrogen and oxygen atoms in total. The van der Waals surface area contributed by atoms with Crippen molar-refractivity contribution in [1.82, 2.24) is 10.3 Å². The van der Waals surface area contributed by atoms with Gasteiger partial charge < -0.3 is 5.32 Å². The number of nitrogens with one attached hydrogen (secondary N) is 1. The summed E-state index contributed by atoms with van der Waals surface area (Å²) in [5.74, 6) is 0. The second kappa shape index (κ2) is 6.71. The third kappa shape index (κ3) is 3.93. The molecule has 0 bridgehead atoms. The van der Waals surface area contributed by atoms with Crippen molar-refractivity contribution < 1.29 is 0 Å². The molecule has 0 fully saturated rings. The molecule has 1 aromatic carbocycles. The van der Waals surface area contributed by atoms with Crippen molar-refractivity contribution in [3.8, 4) is 0 Å². The van der Waals surface area contributed by atoms with E-state index in [1.54, 1.807) is 17.4 Å². The van der Waals surface area contributed by atoms with Crippen LogP contribution in [0.2, 0.25) is 10.0 Å². The Bertz CT molecular complexity index is 554. The van der Waals surface area contributed by atoms with Gasteiger partial charge in [-0.3, -0.25) is 0 Å². The Labute approximate surface area is 127 Å². The van der Waals surface area contributed by atoms with Crippen LogP contribution in [-0.2, 0) is 6.42 Å². The first-order valence-corrected chi connectivity index (χ1v) is 7.80. The minimum Gasteiger partial charge on any atom is -0.310 e. The SMILES string of the molecule is Cc1csc(CCNC(C)c2cccc(Cl)c2Cl)n1. The zero-order valence-corrected chi connectivity index (χ0v) is 13.2. The number of benzene rings is 1. The van der Waals surface area contributed by atoms with Gasteiger partial charge in [-0.2, -0.15) is 0 Å². The lowest BCUT2D eigenvalue weighted by Crippen LogP contribution is -2.21. The van der Waals surface area contributed by atoms with Gasteiger partial charge in [-0.25, -0.2) is 4.98 Å². The summed E-state index contributed by atoms with van der Waals surface area (Å²) in [6.07, 6.45) is 0.932. The summed E-state index contributed by atoms with van der Waals surface area (Å²) in [4.78, 5) is 4.44. The van der Waals surface area contributed by atoms with Gasteiger partial charge in [0.05, 0.1) is 15.1 Å². The van der Waals surface area contributed by atoms with Crippen LogP contribution in [0.3, 0.4) is 0 Å². The molecule has 0 radical (unpaired) electrons. The maximum absolute atomic E-state index is 6.21. The van der Waals surface area contributed by atoms with Crippen LogP contribution < -0.4 is 5.32 Å². The van der Waals surface area contributed by atoms with Crippen LogP contribution in [0, 0.1) is 6.92 Å². The van der Waals surface area contributed by atoms with Gasteiger partial charge in [0.1, 0.15) is 0 Å². The Morgan fingerprint density at radius 3 is 2.84 bits per heavy atom. The Morgan fingerprint density at radius 1 is 1.37 bits per heavy atom. The average Bonchev–Trinajstić information content (AvgIpc) is 2.78. The molecule has 0 aliphatic heterocycles. The van der Waals surface area contributed by atoms with Crippen LogP contribution in [0.25, 0.3) is 0 Å². The first-order chi connectivity index (χ1) is 9.08. The lowest BCUT2D eigenvalue weighted by molar-refractivity contribution is 0.576. The van der Waals surface area contributed by atoms with Gasteiger partial charge in [-0.1, -0.05) is 35.3 Å². The smallest absolute Gasteiger partial charge is 0.0940 e. The predicted molar refractivity (Wildman–Crippen MR) is 83.4 cm³/mol. The molecule has 1 unspecified atom stereocenters. The van der Waals surface area contributed by atoms with E-state index in [9.17, 15) is 0 Å². The summed E-state index contributed by atoms with van der Waals surface area (Å²) in [5, 5.41) is 7.92. The Morgan fingerprint density at radius 2 is 2.16 bits per heavy atom. The molecule has 0 spiro atoms. The van der Waals surface area contributed by atoms with E-state index < -0.39 is 0 Å². The van der Waals surface area contributed by atoms with Crippen molar-refractivity contribution in [3.63, 3.8) is 0 Å². The molecule has 0 amide bonds. The molecule has 0 aliphatic rings. The summed E-state index contributed by atoms with van der Waals surface area (Å²) in [6, 6.07) is 5.90. The van der Waals surface area contributed by atoms with Gasteiger partial charge in [-0.05, 0) is 25.5 Å². The standard InChI is InChI=1S/C14H16Cl2N2S/c1-9-8-19-13(18-9)6-7-17-10(2)11-4-3-5-12(15)14(11)16/h3-5,8,10,17H,6-7H2,1-2H3. The van der Waals surface area contributed by atoms with Crippen LogP contribution in [0.15, 0.2) is 23.6 Å². The normalized spacial score (nSPS) is 12.6. The number of nitrogens with zero attached hydrogens (tertiary/aromatic N) is 1. The van der Waals surface area contributed by atoms with Gasteiger partial charge in [0, 0.05) is 30.1 Å². The van der Waals surface area contributed by atoms with E-state index in [0.29, 0.717) is 10.0 Å². The fourth-order valence-electron chi connectivity index (χ4n) is 1.88. The number of aryl methyl sites for hydroxylation is 1. The average molecular weight is 315 g/mol. The van der Waals surface area contributed by atoms with Crippen LogP contribution in [0.5, 0.6) is 0 Å².